The molecule has 124 valence electrons. The Balaban J connectivity index is 1.85. The van der Waals surface area contributed by atoms with Crippen molar-refractivity contribution in [2.24, 2.45) is 0 Å². The summed E-state index contributed by atoms with van der Waals surface area (Å²) in [7, 11) is 0. The van der Waals surface area contributed by atoms with Gasteiger partial charge in [0.2, 0.25) is 0 Å². The molecule has 0 saturated carbocycles. The first kappa shape index (κ1) is 15.3. The summed E-state index contributed by atoms with van der Waals surface area (Å²) in [5.74, 6) is 0.944. The highest BCUT2D eigenvalue weighted by molar-refractivity contribution is 5.72. The monoisotopic (exact) mass is 329 g/mol. The Bertz CT molecular complexity index is 984. The van der Waals surface area contributed by atoms with Gasteiger partial charge in [0.25, 0.3) is 0 Å². The largest absolute Gasteiger partial charge is 0.326 e. The second-order valence-corrected chi connectivity index (χ2v) is 6.16. The molecule has 0 aliphatic heterocycles. The average Bonchev–Trinajstić information content (AvgIpc) is 3.27. The van der Waals surface area contributed by atoms with Gasteiger partial charge in [0, 0.05) is 49.3 Å². The molecular weight excluding hydrogens is 310 g/mol. The fraction of sp³-hybridized carbons (Fsp3) is 0.150. The predicted octanol–water partition coefficient (Wildman–Crippen LogP) is 3.80. The first-order valence-electron chi connectivity index (χ1n) is 8.24. The van der Waals surface area contributed by atoms with Crippen LogP contribution in [0.15, 0.2) is 67.5 Å². The van der Waals surface area contributed by atoms with Gasteiger partial charge in [-0.2, -0.15) is 5.10 Å². The Kier molecular flexibility index (Phi) is 3.90. The van der Waals surface area contributed by atoms with Crippen LogP contribution in [0.4, 0.5) is 0 Å². The van der Waals surface area contributed by atoms with E-state index in [1.807, 2.05) is 53.9 Å². The van der Waals surface area contributed by atoms with Crippen LogP contribution in [0, 0.1) is 13.8 Å². The number of pyridine rings is 1. The Hall–Kier alpha value is -3.21. The molecule has 0 bridgehead atoms. The maximum atomic E-state index is 4.65. The van der Waals surface area contributed by atoms with Gasteiger partial charge in [-0.15, -0.1) is 0 Å². The van der Waals surface area contributed by atoms with E-state index in [-0.39, 0.29) is 0 Å². The molecule has 0 spiro atoms. The zero-order chi connectivity index (χ0) is 17.2. The summed E-state index contributed by atoms with van der Waals surface area (Å²) in [6.07, 6.45) is 11.3. The lowest BCUT2D eigenvalue weighted by Crippen LogP contribution is -2.06. The zero-order valence-electron chi connectivity index (χ0n) is 14.3. The Labute approximate surface area is 146 Å². The summed E-state index contributed by atoms with van der Waals surface area (Å²) in [5, 5.41) is 4.42. The Morgan fingerprint density at radius 3 is 2.56 bits per heavy atom. The molecule has 0 radical (unpaired) electrons. The van der Waals surface area contributed by atoms with Crippen LogP contribution in [-0.2, 0) is 6.54 Å². The predicted molar refractivity (Wildman–Crippen MR) is 97.6 cm³/mol. The minimum atomic E-state index is 0.754. The normalized spacial score (nSPS) is 11.0. The van der Waals surface area contributed by atoms with E-state index in [0.29, 0.717) is 0 Å². The quantitative estimate of drug-likeness (QED) is 0.572. The topological polar surface area (TPSA) is 48.5 Å². The van der Waals surface area contributed by atoms with E-state index in [1.54, 1.807) is 6.20 Å². The Morgan fingerprint density at radius 2 is 1.80 bits per heavy atom. The standard InChI is InChI=1S/C20H19N5/c1-15-12-16(2)19(18(13-15)25-10-3-6-23-25)20-22-9-11-24(20)14-17-4-7-21-8-5-17/h3-13H,14H2,1-2H3. The summed E-state index contributed by atoms with van der Waals surface area (Å²) >= 11 is 0. The molecule has 0 amide bonds. The van der Waals surface area contributed by atoms with Crippen molar-refractivity contribution in [3.8, 4) is 17.1 Å². The van der Waals surface area contributed by atoms with Crippen LogP contribution in [0.5, 0.6) is 0 Å². The zero-order valence-corrected chi connectivity index (χ0v) is 14.3. The fourth-order valence-corrected chi connectivity index (χ4v) is 3.18. The third-order valence-electron chi connectivity index (χ3n) is 4.25. The summed E-state index contributed by atoms with van der Waals surface area (Å²) in [4.78, 5) is 8.74. The van der Waals surface area contributed by atoms with E-state index in [2.05, 4.69) is 45.6 Å². The Morgan fingerprint density at radius 1 is 0.960 bits per heavy atom. The SMILES string of the molecule is Cc1cc(C)c(-c2nccn2Cc2ccncc2)c(-n2cccn2)c1. The summed E-state index contributed by atoms with van der Waals surface area (Å²) in [6, 6.07) is 10.3. The van der Waals surface area contributed by atoms with Crippen LogP contribution in [0.3, 0.4) is 0 Å². The first-order chi connectivity index (χ1) is 12.2. The van der Waals surface area contributed by atoms with Gasteiger partial charge in [-0.05, 0) is 54.8 Å². The third-order valence-corrected chi connectivity index (χ3v) is 4.25. The van der Waals surface area contributed by atoms with Crippen molar-refractivity contribution in [2.45, 2.75) is 20.4 Å². The molecule has 4 rings (SSSR count). The smallest absolute Gasteiger partial charge is 0.142 e. The van der Waals surface area contributed by atoms with E-state index in [0.717, 1.165) is 23.6 Å². The lowest BCUT2D eigenvalue weighted by molar-refractivity contribution is 0.800. The molecule has 0 atom stereocenters. The minimum absolute atomic E-state index is 0.754. The fourth-order valence-electron chi connectivity index (χ4n) is 3.18. The molecule has 0 N–H and O–H groups in total. The van der Waals surface area contributed by atoms with E-state index in [4.69, 9.17) is 0 Å². The first-order valence-corrected chi connectivity index (χ1v) is 8.24. The van der Waals surface area contributed by atoms with Gasteiger partial charge >= 0.3 is 0 Å². The van der Waals surface area contributed by atoms with Crippen LogP contribution < -0.4 is 0 Å². The van der Waals surface area contributed by atoms with Gasteiger partial charge in [0.1, 0.15) is 5.82 Å². The lowest BCUT2D eigenvalue weighted by Gasteiger charge is -2.16. The van der Waals surface area contributed by atoms with Crippen molar-refractivity contribution in [3.05, 3.63) is 84.2 Å². The molecule has 4 aromatic rings. The molecule has 3 aromatic heterocycles. The molecule has 0 unspecified atom stereocenters. The number of imidazole rings is 1. The number of nitrogens with zero attached hydrogens (tertiary/aromatic N) is 5. The molecular formula is C20H19N5. The maximum Gasteiger partial charge on any atom is 0.142 e. The van der Waals surface area contributed by atoms with Crippen molar-refractivity contribution in [2.75, 3.05) is 0 Å². The van der Waals surface area contributed by atoms with E-state index < -0.39 is 0 Å². The van der Waals surface area contributed by atoms with Crippen LogP contribution >= 0.6 is 0 Å². The number of hydrogen-bond acceptors (Lipinski definition) is 3. The van der Waals surface area contributed by atoms with Crippen molar-refractivity contribution in [1.82, 2.24) is 24.3 Å². The molecule has 5 heteroatoms. The van der Waals surface area contributed by atoms with E-state index >= 15 is 0 Å². The average molecular weight is 329 g/mol. The highest BCUT2D eigenvalue weighted by atomic mass is 15.3. The van der Waals surface area contributed by atoms with Crippen molar-refractivity contribution in [1.29, 1.82) is 0 Å². The van der Waals surface area contributed by atoms with E-state index in [9.17, 15) is 0 Å². The second kappa shape index (κ2) is 6.36. The van der Waals surface area contributed by atoms with Crippen LogP contribution in [0.25, 0.3) is 17.1 Å². The molecule has 0 fully saturated rings. The summed E-state index contributed by atoms with van der Waals surface area (Å²) < 4.78 is 4.07. The highest BCUT2D eigenvalue weighted by Gasteiger charge is 2.16. The summed E-state index contributed by atoms with van der Waals surface area (Å²) in [6.45, 7) is 4.98. The maximum absolute atomic E-state index is 4.65. The highest BCUT2D eigenvalue weighted by Crippen LogP contribution is 2.30. The third kappa shape index (κ3) is 2.96. The van der Waals surface area contributed by atoms with Crippen LogP contribution in [-0.4, -0.2) is 24.3 Å². The number of aryl methyl sites for hydroxylation is 2. The van der Waals surface area contributed by atoms with Gasteiger partial charge in [-0.3, -0.25) is 4.98 Å². The molecule has 5 nitrogen and oxygen atoms in total. The molecule has 3 heterocycles. The van der Waals surface area contributed by atoms with Crippen LogP contribution in [0.2, 0.25) is 0 Å². The van der Waals surface area contributed by atoms with Gasteiger partial charge in [-0.1, -0.05) is 6.07 Å². The number of rotatable bonds is 4. The molecule has 0 aliphatic carbocycles. The van der Waals surface area contributed by atoms with E-state index in [1.165, 1.54) is 16.7 Å². The van der Waals surface area contributed by atoms with Gasteiger partial charge in [0.15, 0.2) is 0 Å². The molecule has 25 heavy (non-hydrogen) atoms. The van der Waals surface area contributed by atoms with Crippen molar-refractivity contribution in [3.63, 3.8) is 0 Å². The van der Waals surface area contributed by atoms with Crippen molar-refractivity contribution >= 4 is 0 Å². The van der Waals surface area contributed by atoms with Gasteiger partial charge in [-0.25, -0.2) is 9.67 Å². The molecule has 0 saturated heterocycles. The second-order valence-electron chi connectivity index (χ2n) is 6.16. The number of benzene rings is 1. The van der Waals surface area contributed by atoms with Crippen LogP contribution in [0.1, 0.15) is 16.7 Å². The molecule has 1 aromatic carbocycles. The number of aromatic nitrogens is 5. The van der Waals surface area contributed by atoms with Gasteiger partial charge < -0.3 is 4.57 Å². The minimum Gasteiger partial charge on any atom is -0.326 e. The lowest BCUT2D eigenvalue weighted by atomic mass is 10.0. The summed E-state index contributed by atoms with van der Waals surface area (Å²) in [5.41, 5.74) is 5.74. The number of hydrogen-bond donors (Lipinski definition) is 0. The molecule has 0 aliphatic rings. The van der Waals surface area contributed by atoms with Gasteiger partial charge in [0.05, 0.1) is 5.69 Å². The van der Waals surface area contributed by atoms with Crippen molar-refractivity contribution < 1.29 is 0 Å².